The second-order valence-electron chi connectivity index (χ2n) is 5.92. The summed E-state index contributed by atoms with van der Waals surface area (Å²) >= 11 is 1.04. The molecule has 0 saturated carbocycles. The van der Waals surface area contributed by atoms with Crippen molar-refractivity contribution in [2.45, 2.75) is 10.9 Å². The molecule has 1 N–H and O–H groups in total. The summed E-state index contributed by atoms with van der Waals surface area (Å²) in [6, 6.07) is 11.0. The lowest BCUT2D eigenvalue weighted by atomic mass is 10.1. The minimum Gasteiger partial charge on any atom is -0.497 e. The molecule has 1 atom stereocenters. The van der Waals surface area contributed by atoms with E-state index in [0.29, 0.717) is 6.54 Å². The normalized spacial score (nSPS) is 12.1. The molecule has 0 saturated heterocycles. The van der Waals surface area contributed by atoms with Crippen molar-refractivity contribution in [3.05, 3.63) is 59.7 Å². The number of carbonyl (C=O) groups excluding carboxylic acids is 1. The summed E-state index contributed by atoms with van der Waals surface area (Å²) in [7, 11) is 5.48. The Morgan fingerprint density at radius 1 is 1.19 bits per heavy atom. The van der Waals surface area contributed by atoms with E-state index >= 15 is 0 Å². The second kappa shape index (κ2) is 9.54. The Labute approximate surface area is 156 Å². The number of halogens is 2. The minimum absolute atomic E-state index is 0.00240. The Bertz CT molecular complexity index is 739. The van der Waals surface area contributed by atoms with E-state index in [1.807, 2.05) is 43.3 Å². The smallest absolute Gasteiger partial charge is 0.230 e. The van der Waals surface area contributed by atoms with Gasteiger partial charge in [-0.05, 0) is 43.9 Å². The molecule has 26 heavy (non-hydrogen) atoms. The number of rotatable bonds is 8. The lowest BCUT2D eigenvalue weighted by Crippen LogP contribution is -2.35. The second-order valence-corrected chi connectivity index (χ2v) is 6.94. The van der Waals surface area contributed by atoms with Crippen molar-refractivity contribution in [1.82, 2.24) is 10.2 Å². The highest BCUT2D eigenvalue weighted by Crippen LogP contribution is 2.23. The first kappa shape index (κ1) is 20.2. The Morgan fingerprint density at radius 3 is 2.46 bits per heavy atom. The quantitative estimate of drug-likeness (QED) is 0.712. The van der Waals surface area contributed by atoms with Crippen LogP contribution in [0.3, 0.4) is 0 Å². The predicted molar refractivity (Wildman–Crippen MR) is 99.5 cm³/mol. The van der Waals surface area contributed by atoms with Crippen LogP contribution in [-0.4, -0.2) is 44.3 Å². The summed E-state index contributed by atoms with van der Waals surface area (Å²) in [6.07, 6.45) is 0. The number of nitrogens with one attached hydrogen (secondary N) is 1. The number of nitrogens with zero attached hydrogens (tertiary/aromatic N) is 1. The molecule has 1 unspecified atom stereocenters. The minimum atomic E-state index is -0.660. The third-order valence-electron chi connectivity index (χ3n) is 3.87. The SMILES string of the molecule is COc1ccc(C(CNC(=O)CSc2ccc(F)cc2F)N(C)C)cc1. The van der Waals surface area contributed by atoms with Crippen molar-refractivity contribution < 1.29 is 18.3 Å². The molecular weight excluding hydrogens is 358 g/mol. The summed E-state index contributed by atoms with van der Waals surface area (Å²) in [6.45, 7) is 0.421. The summed E-state index contributed by atoms with van der Waals surface area (Å²) in [4.78, 5) is 14.3. The van der Waals surface area contributed by atoms with Gasteiger partial charge in [0.1, 0.15) is 17.4 Å². The van der Waals surface area contributed by atoms with Gasteiger partial charge in [-0.25, -0.2) is 8.78 Å². The molecule has 1 amide bonds. The van der Waals surface area contributed by atoms with Crippen LogP contribution >= 0.6 is 11.8 Å². The van der Waals surface area contributed by atoms with Gasteiger partial charge in [0.15, 0.2) is 0 Å². The van der Waals surface area contributed by atoms with Crippen molar-refractivity contribution in [1.29, 1.82) is 0 Å². The maximum Gasteiger partial charge on any atom is 0.230 e. The van der Waals surface area contributed by atoms with E-state index in [4.69, 9.17) is 4.74 Å². The van der Waals surface area contributed by atoms with Crippen molar-refractivity contribution in [2.24, 2.45) is 0 Å². The lowest BCUT2D eigenvalue weighted by molar-refractivity contribution is -0.118. The number of methoxy groups -OCH3 is 1. The number of thioether (sulfide) groups is 1. The predicted octanol–water partition coefficient (Wildman–Crippen LogP) is 3.48. The van der Waals surface area contributed by atoms with Gasteiger partial charge in [0.2, 0.25) is 5.91 Å². The van der Waals surface area contributed by atoms with Crippen LogP contribution in [0, 0.1) is 11.6 Å². The molecule has 2 aromatic rings. The molecule has 2 rings (SSSR count). The van der Waals surface area contributed by atoms with Gasteiger partial charge in [0, 0.05) is 17.5 Å². The van der Waals surface area contributed by atoms with E-state index in [-0.39, 0.29) is 22.6 Å². The van der Waals surface area contributed by atoms with E-state index in [0.717, 1.165) is 29.1 Å². The zero-order chi connectivity index (χ0) is 19.1. The summed E-state index contributed by atoms with van der Waals surface area (Å²) in [5.41, 5.74) is 1.05. The first-order valence-corrected chi connectivity index (χ1v) is 9.04. The highest BCUT2D eigenvalue weighted by Gasteiger charge is 2.16. The zero-order valence-electron chi connectivity index (χ0n) is 15.0. The molecule has 0 fully saturated rings. The Balaban J connectivity index is 1.90. The van der Waals surface area contributed by atoms with Crippen LogP contribution in [0.1, 0.15) is 11.6 Å². The van der Waals surface area contributed by atoms with Crippen LogP contribution in [0.4, 0.5) is 8.78 Å². The zero-order valence-corrected chi connectivity index (χ0v) is 15.8. The number of hydrogen-bond acceptors (Lipinski definition) is 4. The molecule has 7 heteroatoms. The van der Waals surface area contributed by atoms with Gasteiger partial charge in [-0.15, -0.1) is 11.8 Å². The largest absolute Gasteiger partial charge is 0.497 e. The maximum atomic E-state index is 13.6. The van der Waals surface area contributed by atoms with E-state index in [1.54, 1.807) is 7.11 Å². The monoisotopic (exact) mass is 380 g/mol. The fourth-order valence-electron chi connectivity index (χ4n) is 2.42. The number of likely N-dealkylation sites (N-methyl/N-ethyl adjacent to an activating group) is 1. The Morgan fingerprint density at radius 2 is 1.88 bits per heavy atom. The van der Waals surface area contributed by atoms with E-state index in [2.05, 4.69) is 5.32 Å². The molecular formula is C19H22F2N2O2S. The molecule has 0 heterocycles. The Hall–Kier alpha value is -2.12. The van der Waals surface area contributed by atoms with Crippen LogP contribution < -0.4 is 10.1 Å². The molecule has 0 aliphatic heterocycles. The van der Waals surface area contributed by atoms with Crippen molar-refractivity contribution in [3.63, 3.8) is 0 Å². The maximum absolute atomic E-state index is 13.6. The molecule has 140 valence electrons. The molecule has 0 aliphatic rings. The van der Waals surface area contributed by atoms with Gasteiger partial charge < -0.3 is 15.0 Å². The Kier molecular flexibility index (Phi) is 7.41. The molecule has 0 spiro atoms. The van der Waals surface area contributed by atoms with Crippen molar-refractivity contribution in [2.75, 3.05) is 33.5 Å². The topological polar surface area (TPSA) is 41.6 Å². The molecule has 0 aliphatic carbocycles. The molecule has 0 bridgehead atoms. The average molecular weight is 380 g/mol. The number of hydrogen-bond donors (Lipinski definition) is 1. The van der Waals surface area contributed by atoms with Gasteiger partial charge in [-0.1, -0.05) is 12.1 Å². The molecule has 0 radical (unpaired) electrons. The highest BCUT2D eigenvalue weighted by atomic mass is 32.2. The van der Waals surface area contributed by atoms with Crippen molar-refractivity contribution >= 4 is 17.7 Å². The van der Waals surface area contributed by atoms with Gasteiger partial charge in [0.05, 0.1) is 18.9 Å². The van der Waals surface area contributed by atoms with Gasteiger partial charge in [0.25, 0.3) is 0 Å². The van der Waals surface area contributed by atoms with Crippen LogP contribution in [0.2, 0.25) is 0 Å². The average Bonchev–Trinajstić information content (AvgIpc) is 2.61. The first-order valence-electron chi connectivity index (χ1n) is 8.05. The third kappa shape index (κ3) is 5.71. The standard InChI is InChI=1S/C19H22F2N2O2S/c1-23(2)17(13-4-7-15(25-3)8-5-13)11-22-19(24)12-26-18-9-6-14(20)10-16(18)21/h4-10,17H,11-12H2,1-3H3,(H,22,24). The van der Waals surface area contributed by atoms with Crippen LogP contribution in [0.15, 0.2) is 47.4 Å². The van der Waals surface area contributed by atoms with Gasteiger partial charge in [-0.2, -0.15) is 0 Å². The third-order valence-corrected chi connectivity index (χ3v) is 4.92. The number of benzene rings is 2. The van der Waals surface area contributed by atoms with Crippen LogP contribution in [0.25, 0.3) is 0 Å². The molecule has 0 aromatic heterocycles. The number of carbonyl (C=O) groups is 1. The fourth-order valence-corrected chi connectivity index (χ4v) is 3.17. The number of amides is 1. The van der Waals surface area contributed by atoms with E-state index in [9.17, 15) is 13.6 Å². The van der Waals surface area contributed by atoms with Crippen molar-refractivity contribution in [3.8, 4) is 5.75 Å². The van der Waals surface area contributed by atoms with Gasteiger partial charge >= 0.3 is 0 Å². The summed E-state index contributed by atoms with van der Waals surface area (Å²) in [5, 5.41) is 2.86. The molecule has 4 nitrogen and oxygen atoms in total. The summed E-state index contributed by atoms with van der Waals surface area (Å²) in [5.74, 6) is -0.672. The number of ether oxygens (including phenoxy) is 1. The van der Waals surface area contributed by atoms with E-state index in [1.165, 1.54) is 12.1 Å². The summed E-state index contributed by atoms with van der Waals surface area (Å²) < 4.78 is 31.7. The lowest BCUT2D eigenvalue weighted by Gasteiger charge is -2.25. The van der Waals surface area contributed by atoms with Crippen LogP contribution in [-0.2, 0) is 4.79 Å². The highest BCUT2D eigenvalue weighted by molar-refractivity contribution is 8.00. The van der Waals surface area contributed by atoms with E-state index < -0.39 is 11.6 Å². The first-order chi connectivity index (χ1) is 12.4. The fraction of sp³-hybridized carbons (Fsp3) is 0.316. The van der Waals surface area contributed by atoms with Crippen LogP contribution in [0.5, 0.6) is 5.75 Å². The molecule has 2 aromatic carbocycles. The van der Waals surface area contributed by atoms with Gasteiger partial charge in [-0.3, -0.25) is 4.79 Å².